The van der Waals surface area contributed by atoms with Crippen molar-refractivity contribution in [1.29, 1.82) is 0 Å². The minimum Gasteiger partial charge on any atom is -0.391 e. The molecule has 0 unspecified atom stereocenters. The van der Waals surface area contributed by atoms with Gasteiger partial charge in [0.15, 0.2) is 0 Å². The van der Waals surface area contributed by atoms with Crippen LogP contribution in [0.1, 0.15) is 21.8 Å². The molecule has 3 heterocycles. The highest BCUT2D eigenvalue weighted by Crippen LogP contribution is 2.31. The molecule has 140 valence electrons. The van der Waals surface area contributed by atoms with Crippen LogP contribution in [-0.4, -0.2) is 45.0 Å². The van der Waals surface area contributed by atoms with Crippen molar-refractivity contribution in [3.63, 3.8) is 0 Å². The van der Waals surface area contributed by atoms with E-state index in [4.69, 9.17) is 0 Å². The number of aromatic nitrogens is 3. The summed E-state index contributed by atoms with van der Waals surface area (Å²) in [6.45, 7) is 3.40. The van der Waals surface area contributed by atoms with Crippen LogP contribution < -0.4 is 10.2 Å². The van der Waals surface area contributed by atoms with E-state index >= 15 is 0 Å². The van der Waals surface area contributed by atoms with Gasteiger partial charge in [-0.25, -0.2) is 4.98 Å². The lowest BCUT2D eigenvalue weighted by Gasteiger charge is -2.18. The van der Waals surface area contributed by atoms with E-state index in [0.717, 1.165) is 34.1 Å². The summed E-state index contributed by atoms with van der Waals surface area (Å²) in [6.07, 6.45) is 3.88. The molecule has 27 heavy (non-hydrogen) atoms. The number of nitrogens with zero attached hydrogens (tertiary/aromatic N) is 4. The number of anilines is 2. The van der Waals surface area contributed by atoms with Crippen molar-refractivity contribution in [2.24, 2.45) is 7.05 Å². The van der Waals surface area contributed by atoms with Crippen LogP contribution in [0.4, 0.5) is 11.4 Å². The van der Waals surface area contributed by atoms with E-state index in [2.05, 4.69) is 26.4 Å². The van der Waals surface area contributed by atoms with Crippen molar-refractivity contribution >= 4 is 28.6 Å². The number of rotatable bonds is 4. The molecule has 0 aliphatic carbocycles. The van der Waals surface area contributed by atoms with E-state index in [9.17, 15) is 9.90 Å². The highest BCUT2D eigenvalue weighted by Gasteiger charge is 2.21. The third kappa shape index (κ3) is 3.72. The summed E-state index contributed by atoms with van der Waals surface area (Å²) in [5.41, 5.74) is 3.12. The van der Waals surface area contributed by atoms with Crippen LogP contribution in [0.15, 0.2) is 36.7 Å². The summed E-state index contributed by atoms with van der Waals surface area (Å²) in [4.78, 5) is 20.2. The minimum atomic E-state index is -0.265. The van der Waals surface area contributed by atoms with Gasteiger partial charge in [-0.3, -0.25) is 9.48 Å². The number of hydrogen-bond acceptors (Lipinski definition) is 6. The number of carbonyl (C=O) groups is 1. The van der Waals surface area contributed by atoms with Gasteiger partial charge in [-0.05, 0) is 25.5 Å². The predicted molar refractivity (Wildman–Crippen MR) is 106 cm³/mol. The molecule has 1 aliphatic heterocycles. The van der Waals surface area contributed by atoms with Gasteiger partial charge in [-0.1, -0.05) is 12.1 Å². The van der Waals surface area contributed by atoms with Gasteiger partial charge in [0, 0.05) is 42.5 Å². The average molecular weight is 383 g/mol. The number of amides is 1. The molecule has 1 aromatic carbocycles. The summed E-state index contributed by atoms with van der Waals surface area (Å²) >= 11 is 1.50. The zero-order valence-corrected chi connectivity index (χ0v) is 16.0. The Morgan fingerprint density at radius 3 is 2.96 bits per heavy atom. The van der Waals surface area contributed by atoms with Crippen molar-refractivity contribution < 1.29 is 9.90 Å². The van der Waals surface area contributed by atoms with Crippen molar-refractivity contribution in [1.82, 2.24) is 14.8 Å². The van der Waals surface area contributed by atoms with Crippen LogP contribution in [0.5, 0.6) is 0 Å². The fourth-order valence-corrected chi connectivity index (χ4v) is 4.13. The lowest BCUT2D eigenvalue weighted by molar-refractivity contribution is 0.102. The Labute approximate surface area is 161 Å². The number of aliphatic hydroxyl groups is 1. The minimum absolute atomic E-state index is 0.234. The monoisotopic (exact) mass is 383 g/mol. The highest BCUT2D eigenvalue weighted by molar-refractivity contribution is 7.15. The molecule has 0 radical (unpaired) electrons. The maximum Gasteiger partial charge on any atom is 0.275 e. The summed E-state index contributed by atoms with van der Waals surface area (Å²) in [6, 6.07) is 8.09. The van der Waals surface area contributed by atoms with Gasteiger partial charge in [0.05, 0.1) is 18.0 Å². The number of aryl methyl sites for hydroxylation is 2. The second kappa shape index (κ2) is 7.13. The van der Waals surface area contributed by atoms with Gasteiger partial charge < -0.3 is 15.3 Å². The number of nitrogens with one attached hydrogen (secondary N) is 1. The lowest BCUT2D eigenvalue weighted by Crippen LogP contribution is -2.20. The van der Waals surface area contributed by atoms with Crippen LogP contribution in [0, 0.1) is 6.92 Å². The van der Waals surface area contributed by atoms with Crippen LogP contribution in [0.3, 0.4) is 0 Å². The molecule has 1 amide bonds. The second-order valence-corrected chi connectivity index (χ2v) is 7.92. The predicted octanol–water partition coefficient (Wildman–Crippen LogP) is 2.68. The third-order valence-electron chi connectivity index (χ3n) is 4.60. The Kier molecular flexibility index (Phi) is 4.67. The average Bonchev–Trinajstić information content (AvgIpc) is 3.35. The number of β-amino-alcohol motifs (C(OH)–C–C–N with tert-alkyl or cyclic N) is 1. The first-order chi connectivity index (χ1) is 13.0. The van der Waals surface area contributed by atoms with Gasteiger partial charge in [0.2, 0.25) is 0 Å². The van der Waals surface area contributed by atoms with Crippen LogP contribution in [-0.2, 0) is 7.05 Å². The second-order valence-electron chi connectivity index (χ2n) is 6.72. The number of aliphatic hydroxyl groups excluding tert-OH is 1. The van der Waals surface area contributed by atoms with E-state index in [-0.39, 0.29) is 12.0 Å². The number of hydrogen-bond donors (Lipinski definition) is 2. The van der Waals surface area contributed by atoms with E-state index in [1.54, 1.807) is 24.1 Å². The topological polar surface area (TPSA) is 83.3 Å². The standard InChI is InChI=1S/C19H21N5O2S/c1-12-17(18(26)21-14-9-20-23(2)10-14)22-19(27-12)13-4-3-5-15(8-13)24-7-6-16(25)11-24/h3-5,8-10,16,25H,6-7,11H2,1-2H3,(H,21,26)/t16-/m0/s1. The molecular formula is C19H21N5O2S. The third-order valence-corrected chi connectivity index (χ3v) is 5.62. The Morgan fingerprint density at radius 2 is 2.26 bits per heavy atom. The molecule has 0 bridgehead atoms. The molecule has 0 saturated carbocycles. The Morgan fingerprint density at radius 1 is 1.41 bits per heavy atom. The molecule has 7 nitrogen and oxygen atoms in total. The largest absolute Gasteiger partial charge is 0.391 e. The molecule has 2 aromatic heterocycles. The van der Waals surface area contributed by atoms with Crippen LogP contribution in [0.25, 0.3) is 10.6 Å². The highest BCUT2D eigenvalue weighted by atomic mass is 32.1. The maximum atomic E-state index is 12.6. The number of carbonyl (C=O) groups excluding carboxylic acids is 1. The summed E-state index contributed by atoms with van der Waals surface area (Å²) in [7, 11) is 1.80. The smallest absolute Gasteiger partial charge is 0.275 e. The van der Waals surface area contributed by atoms with Gasteiger partial charge in [-0.15, -0.1) is 11.3 Å². The van der Waals surface area contributed by atoms with Crippen molar-refractivity contribution in [3.8, 4) is 10.6 Å². The van der Waals surface area contributed by atoms with Gasteiger partial charge >= 0.3 is 0 Å². The van der Waals surface area contributed by atoms with Gasteiger partial charge in [0.1, 0.15) is 10.7 Å². The molecule has 1 aliphatic rings. The molecule has 8 heteroatoms. The van der Waals surface area contributed by atoms with Gasteiger partial charge in [0.25, 0.3) is 5.91 Å². The van der Waals surface area contributed by atoms with Crippen molar-refractivity contribution in [3.05, 3.63) is 47.2 Å². The van der Waals surface area contributed by atoms with Crippen molar-refractivity contribution in [2.75, 3.05) is 23.3 Å². The van der Waals surface area contributed by atoms with E-state index in [0.29, 0.717) is 17.9 Å². The summed E-state index contributed by atoms with van der Waals surface area (Å²) < 4.78 is 1.63. The Bertz CT molecular complexity index is 980. The molecule has 4 rings (SSSR count). The number of benzene rings is 1. The number of thiazole rings is 1. The zero-order valence-electron chi connectivity index (χ0n) is 15.2. The zero-order chi connectivity index (χ0) is 19.0. The van der Waals surface area contributed by atoms with Crippen LogP contribution in [0.2, 0.25) is 0 Å². The molecule has 1 fully saturated rings. The fraction of sp³-hybridized carbons (Fsp3) is 0.316. The summed E-state index contributed by atoms with van der Waals surface area (Å²) in [5, 5.41) is 17.5. The Balaban J connectivity index is 1.57. The first-order valence-electron chi connectivity index (χ1n) is 8.80. The van der Waals surface area contributed by atoms with Crippen molar-refractivity contribution in [2.45, 2.75) is 19.4 Å². The first-order valence-corrected chi connectivity index (χ1v) is 9.62. The fourth-order valence-electron chi connectivity index (χ4n) is 3.22. The maximum absolute atomic E-state index is 12.6. The molecule has 3 aromatic rings. The molecule has 2 N–H and O–H groups in total. The molecule has 1 atom stereocenters. The normalized spacial score (nSPS) is 16.7. The lowest BCUT2D eigenvalue weighted by atomic mass is 10.2. The first kappa shape index (κ1) is 17.7. The van der Waals surface area contributed by atoms with Crippen LogP contribution >= 0.6 is 11.3 Å². The Hall–Kier alpha value is -2.71. The van der Waals surface area contributed by atoms with E-state index in [1.807, 2.05) is 25.1 Å². The molecular weight excluding hydrogens is 362 g/mol. The SMILES string of the molecule is Cc1sc(-c2cccc(N3CC[C@H](O)C3)c2)nc1C(=O)Nc1cnn(C)c1. The van der Waals surface area contributed by atoms with E-state index < -0.39 is 0 Å². The molecule has 0 spiro atoms. The summed E-state index contributed by atoms with van der Waals surface area (Å²) in [5.74, 6) is -0.234. The van der Waals surface area contributed by atoms with E-state index in [1.165, 1.54) is 11.3 Å². The quantitative estimate of drug-likeness (QED) is 0.724. The molecule has 1 saturated heterocycles. The van der Waals surface area contributed by atoms with Gasteiger partial charge in [-0.2, -0.15) is 5.10 Å².